The number of nitrogens with one attached hydrogen (secondary N) is 1. The maximum Gasteiger partial charge on any atom is 0.0846 e. The van der Waals surface area contributed by atoms with Crippen LogP contribution in [0.1, 0.15) is 24.0 Å². The molecule has 1 N–H and O–H groups in total. The summed E-state index contributed by atoms with van der Waals surface area (Å²) in [4.78, 5) is 0. The van der Waals surface area contributed by atoms with Crippen molar-refractivity contribution in [3.05, 3.63) is 35.4 Å². The Labute approximate surface area is 90.9 Å². The third-order valence-electron chi connectivity index (χ3n) is 3.28. The predicted octanol–water partition coefficient (Wildman–Crippen LogP) is 2.14. The second-order valence-electron chi connectivity index (χ2n) is 4.31. The molecule has 1 saturated heterocycles. The van der Waals surface area contributed by atoms with Crippen LogP contribution in [-0.4, -0.2) is 13.1 Å². The number of piperidine rings is 1. The fraction of sp³-hybridized carbons (Fsp3) is 0.462. The van der Waals surface area contributed by atoms with Crippen LogP contribution in [0.3, 0.4) is 0 Å². The average molecular weight is 200 g/mol. The molecule has 0 bridgehead atoms. The molecule has 15 heavy (non-hydrogen) atoms. The monoisotopic (exact) mass is 200 g/mol. The first-order valence-corrected chi connectivity index (χ1v) is 5.46. The van der Waals surface area contributed by atoms with Crippen LogP contribution in [-0.2, 0) is 5.41 Å². The Kier molecular flexibility index (Phi) is 2.75. The normalized spacial score (nSPS) is 19.5. The van der Waals surface area contributed by atoms with Crippen molar-refractivity contribution in [2.45, 2.75) is 25.2 Å². The summed E-state index contributed by atoms with van der Waals surface area (Å²) < 4.78 is 0. The highest BCUT2D eigenvalue weighted by Crippen LogP contribution is 2.32. The summed E-state index contributed by atoms with van der Waals surface area (Å²) in [6.45, 7) is 3.97. The Morgan fingerprint density at radius 1 is 1.20 bits per heavy atom. The van der Waals surface area contributed by atoms with Crippen LogP contribution < -0.4 is 5.32 Å². The molecule has 78 valence electrons. The Balaban J connectivity index is 2.33. The largest absolute Gasteiger partial charge is 0.317 e. The molecule has 0 spiro atoms. The summed E-state index contributed by atoms with van der Waals surface area (Å²) in [5.41, 5.74) is 2.18. The topological polar surface area (TPSA) is 35.8 Å². The number of aryl methyl sites for hydroxylation is 1. The van der Waals surface area contributed by atoms with Crippen LogP contribution in [0.4, 0.5) is 0 Å². The molecular formula is C13H16N2. The van der Waals surface area contributed by atoms with Gasteiger partial charge in [0.2, 0.25) is 0 Å². The van der Waals surface area contributed by atoms with Gasteiger partial charge in [-0.05, 0) is 38.4 Å². The third-order valence-corrected chi connectivity index (χ3v) is 3.28. The van der Waals surface area contributed by atoms with Crippen LogP contribution in [0.25, 0.3) is 0 Å². The number of rotatable bonds is 1. The lowest BCUT2D eigenvalue weighted by atomic mass is 9.74. The van der Waals surface area contributed by atoms with E-state index in [0.717, 1.165) is 25.9 Å². The SMILES string of the molecule is Cc1ccc(C2(C#N)CCNCC2)cc1. The molecule has 0 atom stereocenters. The van der Waals surface area contributed by atoms with E-state index in [0.29, 0.717) is 0 Å². The second-order valence-corrected chi connectivity index (χ2v) is 4.31. The van der Waals surface area contributed by atoms with Crippen molar-refractivity contribution in [2.24, 2.45) is 0 Å². The van der Waals surface area contributed by atoms with Gasteiger partial charge in [-0.1, -0.05) is 29.8 Å². The van der Waals surface area contributed by atoms with Crippen molar-refractivity contribution >= 4 is 0 Å². The first kappa shape index (κ1) is 10.2. The van der Waals surface area contributed by atoms with Gasteiger partial charge in [-0.15, -0.1) is 0 Å². The van der Waals surface area contributed by atoms with Gasteiger partial charge in [0.25, 0.3) is 0 Å². The zero-order valence-electron chi connectivity index (χ0n) is 9.09. The van der Waals surface area contributed by atoms with E-state index >= 15 is 0 Å². The van der Waals surface area contributed by atoms with Gasteiger partial charge in [0.05, 0.1) is 11.5 Å². The van der Waals surface area contributed by atoms with E-state index in [9.17, 15) is 5.26 Å². The summed E-state index contributed by atoms with van der Waals surface area (Å²) >= 11 is 0. The minimum atomic E-state index is -0.251. The summed E-state index contributed by atoms with van der Waals surface area (Å²) in [5.74, 6) is 0. The smallest absolute Gasteiger partial charge is 0.0846 e. The van der Waals surface area contributed by atoms with E-state index in [4.69, 9.17) is 0 Å². The fourth-order valence-electron chi connectivity index (χ4n) is 2.19. The second kappa shape index (κ2) is 4.04. The van der Waals surface area contributed by atoms with Crippen molar-refractivity contribution < 1.29 is 0 Å². The highest BCUT2D eigenvalue weighted by molar-refractivity contribution is 5.35. The van der Waals surface area contributed by atoms with Crippen molar-refractivity contribution in [3.63, 3.8) is 0 Å². The van der Waals surface area contributed by atoms with Crippen molar-refractivity contribution in [1.82, 2.24) is 5.32 Å². The van der Waals surface area contributed by atoms with Gasteiger partial charge in [0.15, 0.2) is 0 Å². The highest BCUT2D eigenvalue weighted by atomic mass is 14.9. The molecule has 0 saturated carbocycles. The molecule has 1 heterocycles. The number of nitrogens with zero attached hydrogens (tertiary/aromatic N) is 1. The fourth-order valence-corrected chi connectivity index (χ4v) is 2.19. The maximum absolute atomic E-state index is 9.39. The summed E-state index contributed by atoms with van der Waals surface area (Å²) in [6, 6.07) is 10.9. The molecule has 0 unspecified atom stereocenters. The average Bonchev–Trinajstić information content (AvgIpc) is 2.31. The zero-order chi connectivity index (χ0) is 10.7. The molecule has 1 aliphatic rings. The van der Waals surface area contributed by atoms with E-state index < -0.39 is 0 Å². The predicted molar refractivity (Wildman–Crippen MR) is 60.6 cm³/mol. The van der Waals surface area contributed by atoms with Gasteiger partial charge in [-0.2, -0.15) is 5.26 Å². The zero-order valence-corrected chi connectivity index (χ0v) is 9.09. The lowest BCUT2D eigenvalue weighted by molar-refractivity contribution is 0.382. The number of hydrogen-bond donors (Lipinski definition) is 1. The highest BCUT2D eigenvalue weighted by Gasteiger charge is 2.33. The summed E-state index contributed by atoms with van der Waals surface area (Å²) in [7, 11) is 0. The van der Waals surface area contributed by atoms with E-state index in [1.807, 2.05) is 0 Å². The summed E-state index contributed by atoms with van der Waals surface area (Å²) in [5, 5.41) is 12.7. The van der Waals surface area contributed by atoms with E-state index in [1.54, 1.807) is 0 Å². The number of nitriles is 1. The molecule has 0 amide bonds. The van der Waals surface area contributed by atoms with Gasteiger partial charge in [0.1, 0.15) is 0 Å². The Bertz CT molecular complexity index is 367. The standard InChI is InChI=1S/C13H16N2/c1-11-2-4-12(5-3-11)13(10-14)6-8-15-9-7-13/h2-5,15H,6-9H2,1H3. The molecule has 1 fully saturated rings. The maximum atomic E-state index is 9.39. The third kappa shape index (κ3) is 1.88. The van der Waals surface area contributed by atoms with Crippen LogP contribution in [0.15, 0.2) is 24.3 Å². The molecule has 1 aromatic rings. The van der Waals surface area contributed by atoms with Gasteiger partial charge in [0, 0.05) is 0 Å². The first-order valence-electron chi connectivity index (χ1n) is 5.46. The molecule has 0 aliphatic carbocycles. The van der Waals surface area contributed by atoms with Crippen LogP contribution in [0.2, 0.25) is 0 Å². The number of benzene rings is 1. The Hall–Kier alpha value is -1.33. The van der Waals surface area contributed by atoms with Crippen LogP contribution in [0, 0.1) is 18.3 Å². The molecular weight excluding hydrogens is 184 g/mol. The van der Waals surface area contributed by atoms with Crippen molar-refractivity contribution in [2.75, 3.05) is 13.1 Å². The van der Waals surface area contributed by atoms with Crippen LogP contribution >= 0.6 is 0 Å². The quantitative estimate of drug-likeness (QED) is 0.754. The molecule has 1 aromatic carbocycles. The van der Waals surface area contributed by atoms with E-state index in [-0.39, 0.29) is 5.41 Å². The first-order chi connectivity index (χ1) is 7.27. The molecule has 2 heteroatoms. The molecule has 1 aliphatic heterocycles. The van der Waals surface area contributed by atoms with E-state index in [2.05, 4.69) is 42.6 Å². The lowest BCUT2D eigenvalue weighted by Gasteiger charge is -2.31. The van der Waals surface area contributed by atoms with Gasteiger partial charge in [-0.3, -0.25) is 0 Å². The molecule has 2 rings (SSSR count). The van der Waals surface area contributed by atoms with E-state index in [1.165, 1.54) is 11.1 Å². The van der Waals surface area contributed by atoms with Gasteiger partial charge >= 0.3 is 0 Å². The minimum Gasteiger partial charge on any atom is -0.317 e. The van der Waals surface area contributed by atoms with Gasteiger partial charge < -0.3 is 5.32 Å². The van der Waals surface area contributed by atoms with Gasteiger partial charge in [-0.25, -0.2) is 0 Å². The Morgan fingerprint density at radius 2 is 1.80 bits per heavy atom. The number of hydrogen-bond acceptors (Lipinski definition) is 2. The molecule has 0 radical (unpaired) electrons. The molecule has 2 nitrogen and oxygen atoms in total. The molecule has 0 aromatic heterocycles. The van der Waals surface area contributed by atoms with Crippen molar-refractivity contribution in [3.8, 4) is 6.07 Å². The summed E-state index contributed by atoms with van der Waals surface area (Å²) in [6.07, 6.45) is 1.85. The Morgan fingerprint density at radius 3 is 2.33 bits per heavy atom. The van der Waals surface area contributed by atoms with Crippen LogP contribution in [0.5, 0.6) is 0 Å². The lowest BCUT2D eigenvalue weighted by Crippen LogP contribution is -2.38. The van der Waals surface area contributed by atoms with Crippen molar-refractivity contribution in [1.29, 1.82) is 5.26 Å². The minimum absolute atomic E-state index is 0.251.